The van der Waals surface area contributed by atoms with Gasteiger partial charge in [-0.05, 0) is 18.1 Å². The lowest BCUT2D eigenvalue weighted by atomic mass is 10.2. The van der Waals surface area contributed by atoms with Crippen LogP contribution in [0.3, 0.4) is 0 Å². The smallest absolute Gasteiger partial charge is 0.192 e. The van der Waals surface area contributed by atoms with Crippen LogP contribution in [0.5, 0.6) is 5.75 Å². The maximum Gasteiger partial charge on any atom is 0.192 e. The lowest BCUT2D eigenvalue weighted by Gasteiger charge is -2.36. The lowest BCUT2D eigenvalue weighted by molar-refractivity contribution is 0.111. The molecule has 0 aliphatic carbocycles. The van der Waals surface area contributed by atoms with Gasteiger partial charge in [0, 0.05) is 12.1 Å². The summed E-state index contributed by atoms with van der Waals surface area (Å²) in [4.78, 5) is 10.5. The Balaban J connectivity index is 2.56. The Labute approximate surface area is 125 Å². The third-order valence-electron chi connectivity index (χ3n) is 3.79. The molecule has 0 aromatic heterocycles. The topological polar surface area (TPSA) is 35.5 Å². The summed E-state index contributed by atoms with van der Waals surface area (Å²) in [5.41, 5.74) is -0.583. The first-order valence-corrected chi connectivity index (χ1v) is 9.70. The highest BCUT2D eigenvalue weighted by molar-refractivity contribution is 6.74. The summed E-state index contributed by atoms with van der Waals surface area (Å²) in [7, 11) is -1.85. The summed E-state index contributed by atoms with van der Waals surface area (Å²) in [6.45, 7) is 11.2. The van der Waals surface area contributed by atoms with E-state index < -0.39 is 25.5 Å². The van der Waals surface area contributed by atoms with Crippen LogP contribution in [0.4, 0.5) is 8.78 Å². The number of benzene rings is 1. The molecule has 0 aliphatic heterocycles. The molecule has 0 radical (unpaired) electrons. The van der Waals surface area contributed by atoms with E-state index in [0.29, 0.717) is 6.61 Å². The van der Waals surface area contributed by atoms with Crippen LogP contribution in [-0.2, 0) is 4.43 Å². The first-order chi connectivity index (χ1) is 9.58. The fourth-order valence-electron chi connectivity index (χ4n) is 1.43. The van der Waals surface area contributed by atoms with Crippen LogP contribution in [0.25, 0.3) is 0 Å². The highest BCUT2D eigenvalue weighted by Crippen LogP contribution is 2.36. The molecule has 0 saturated carbocycles. The van der Waals surface area contributed by atoms with Gasteiger partial charge in [0.15, 0.2) is 14.6 Å². The zero-order chi connectivity index (χ0) is 16.3. The fraction of sp³-hybridized carbons (Fsp3) is 0.533. The standard InChI is InChI=1S/C15H22F2O3Si/c1-15(2,3)21(4,5)20-7-6-19-11-8-13(16)12(10-18)14(17)9-11/h8-10H,6-7H2,1-5H3. The molecular weight excluding hydrogens is 294 g/mol. The van der Waals surface area contributed by atoms with Crippen LogP contribution in [0.2, 0.25) is 18.1 Å². The average molecular weight is 316 g/mol. The van der Waals surface area contributed by atoms with E-state index in [1.54, 1.807) is 0 Å². The minimum absolute atomic E-state index is 0.0504. The Morgan fingerprint density at radius 3 is 2.10 bits per heavy atom. The van der Waals surface area contributed by atoms with E-state index in [2.05, 4.69) is 33.9 Å². The van der Waals surface area contributed by atoms with Gasteiger partial charge in [-0.15, -0.1) is 0 Å². The van der Waals surface area contributed by atoms with Crippen molar-refractivity contribution >= 4 is 14.6 Å². The summed E-state index contributed by atoms with van der Waals surface area (Å²) < 4.78 is 37.9. The van der Waals surface area contributed by atoms with Crippen molar-refractivity contribution in [1.82, 2.24) is 0 Å². The highest BCUT2D eigenvalue weighted by Gasteiger charge is 2.36. The van der Waals surface area contributed by atoms with Gasteiger partial charge in [0.2, 0.25) is 0 Å². The second-order valence-corrected chi connectivity index (χ2v) is 11.2. The first kappa shape index (κ1) is 17.8. The molecule has 0 heterocycles. The number of hydrogen-bond donors (Lipinski definition) is 0. The third-order valence-corrected chi connectivity index (χ3v) is 8.33. The monoisotopic (exact) mass is 316 g/mol. The van der Waals surface area contributed by atoms with E-state index in [-0.39, 0.29) is 23.7 Å². The molecule has 6 heteroatoms. The van der Waals surface area contributed by atoms with E-state index in [1.807, 2.05) is 0 Å². The summed E-state index contributed by atoms with van der Waals surface area (Å²) in [5.74, 6) is -1.80. The fourth-order valence-corrected chi connectivity index (χ4v) is 2.46. The van der Waals surface area contributed by atoms with Crippen LogP contribution in [0.1, 0.15) is 31.1 Å². The van der Waals surface area contributed by atoms with Gasteiger partial charge >= 0.3 is 0 Å². The second kappa shape index (κ2) is 6.66. The zero-order valence-corrected chi connectivity index (χ0v) is 14.1. The highest BCUT2D eigenvalue weighted by atomic mass is 28.4. The first-order valence-electron chi connectivity index (χ1n) is 6.79. The van der Waals surface area contributed by atoms with Gasteiger partial charge in [-0.25, -0.2) is 8.78 Å². The number of hydrogen-bond acceptors (Lipinski definition) is 3. The Hall–Kier alpha value is -1.27. The number of halogens is 2. The van der Waals surface area contributed by atoms with Crippen LogP contribution >= 0.6 is 0 Å². The normalized spacial score (nSPS) is 12.3. The summed E-state index contributed by atoms with van der Waals surface area (Å²) in [6, 6.07) is 2.00. The molecule has 0 N–H and O–H groups in total. The molecule has 0 bridgehead atoms. The molecule has 21 heavy (non-hydrogen) atoms. The van der Waals surface area contributed by atoms with E-state index in [4.69, 9.17) is 9.16 Å². The van der Waals surface area contributed by atoms with Crippen LogP contribution in [0.15, 0.2) is 12.1 Å². The van der Waals surface area contributed by atoms with Crippen molar-refractivity contribution in [3.63, 3.8) is 0 Å². The molecule has 0 amide bonds. The number of aldehydes is 1. The average Bonchev–Trinajstić information content (AvgIpc) is 2.33. The zero-order valence-electron chi connectivity index (χ0n) is 13.1. The van der Waals surface area contributed by atoms with Gasteiger partial charge < -0.3 is 9.16 Å². The van der Waals surface area contributed by atoms with Crippen molar-refractivity contribution in [3.8, 4) is 5.75 Å². The summed E-state index contributed by atoms with van der Waals surface area (Å²) in [5, 5.41) is 0.0941. The van der Waals surface area contributed by atoms with E-state index in [9.17, 15) is 13.6 Å². The predicted molar refractivity (Wildman–Crippen MR) is 80.4 cm³/mol. The molecule has 1 rings (SSSR count). The van der Waals surface area contributed by atoms with Gasteiger partial charge in [-0.2, -0.15) is 0 Å². The molecule has 0 saturated heterocycles. The maximum atomic E-state index is 13.4. The minimum Gasteiger partial charge on any atom is -0.491 e. The molecule has 0 unspecified atom stereocenters. The van der Waals surface area contributed by atoms with Crippen LogP contribution in [-0.4, -0.2) is 27.8 Å². The predicted octanol–water partition coefficient (Wildman–Crippen LogP) is 4.18. The summed E-state index contributed by atoms with van der Waals surface area (Å²) in [6.07, 6.45) is 0.148. The molecule has 1 aromatic rings. The van der Waals surface area contributed by atoms with Gasteiger partial charge in [0.1, 0.15) is 24.0 Å². The SMILES string of the molecule is CC(C)(C)[Si](C)(C)OCCOc1cc(F)c(C=O)c(F)c1. The van der Waals surface area contributed by atoms with Gasteiger partial charge in [0.05, 0.1) is 12.2 Å². The van der Waals surface area contributed by atoms with Crippen molar-refractivity contribution in [3.05, 3.63) is 29.3 Å². The molecule has 0 atom stereocenters. The van der Waals surface area contributed by atoms with E-state index >= 15 is 0 Å². The second-order valence-electron chi connectivity index (χ2n) is 6.38. The molecule has 0 spiro atoms. The largest absolute Gasteiger partial charge is 0.491 e. The van der Waals surface area contributed by atoms with Crippen molar-refractivity contribution in [2.75, 3.05) is 13.2 Å². The Bertz CT molecular complexity index is 487. The molecule has 1 aromatic carbocycles. The van der Waals surface area contributed by atoms with Crippen molar-refractivity contribution in [2.45, 2.75) is 38.9 Å². The molecule has 0 fully saturated rings. The third kappa shape index (κ3) is 4.61. The Morgan fingerprint density at radius 2 is 1.67 bits per heavy atom. The van der Waals surface area contributed by atoms with Crippen molar-refractivity contribution in [1.29, 1.82) is 0 Å². The summed E-state index contributed by atoms with van der Waals surface area (Å²) >= 11 is 0. The number of rotatable bonds is 6. The maximum absolute atomic E-state index is 13.4. The quantitative estimate of drug-likeness (QED) is 0.449. The van der Waals surface area contributed by atoms with E-state index in [0.717, 1.165) is 12.1 Å². The van der Waals surface area contributed by atoms with Crippen molar-refractivity contribution in [2.24, 2.45) is 0 Å². The van der Waals surface area contributed by atoms with Crippen LogP contribution in [0, 0.1) is 11.6 Å². The van der Waals surface area contributed by atoms with Crippen LogP contribution < -0.4 is 4.74 Å². The number of carbonyl (C=O) groups excluding carboxylic acids is 1. The number of ether oxygens (including phenoxy) is 1. The lowest BCUT2D eigenvalue weighted by Crippen LogP contribution is -2.41. The Morgan fingerprint density at radius 1 is 1.14 bits per heavy atom. The number of carbonyl (C=O) groups is 1. The molecule has 118 valence electrons. The minimum atomic E-state index is -1.85. The van der Waals surface area contributed by atoms with Gasteiger partial charge in [0.25, 0.3) is 0 Å². The van der Waals surface area contributed by atoms with E-state index in [1.165, 1.54) is 0 Å². The molecule has 3 nitrogen and oxygen atoms in total. The van der Waals surface area contributed by atoms with Gasteiger partial charge in [-0.3, -0.25) is 4.79 Å². The van der Waals surface area contributed by atoms with Crippen molar-refractivity contribution < 1.29 is 22.7 Å². The molecule has 0 aliphatic rings. The Kier molecular flexibility index (Phi) is 5.64. The van der Waals surface area contributed by atoms with Gasteiger partial charge in [-0.1, -0.05) is 20.8 Å². The molecular formula is C15H22F2O3Si.